The molecule has 2 rings (SSSR count). The number of rotatable bonds is 4. The van der Waals surface area contributed by atoms with Crippen molar-refractivity contribution in [1.29, 1.82) is 0 Å². The van der Waals surface area contributed by atoms with Crippen molar-refractivity contribution in [2.75, 3.05) is 11.1 Å². The predicted molar refractivity (Wildman–Crippen MR) is 85.8 cm³/mol. The zero-order valence-electron chi connectivity index (χ0n) is 12.2. The second kappa shape index (κ2) is 7.11. The monoisotopic (exact) mass is 336 g/mol. The number of anilines is 2. The van der Waals surface area contributed by atoms with E-state index in [1.54, 1.807) is 24.3 Å². The summed E-state index contributed by atoms with van der Waals surface area (Å²) < 4.78 is 18.0. The van der Waals surface area contributed by atoms with Crippen LogP contribution in [0, 0.1) is 5.82 Å². The van der Waals surface area contributed by atoms with E-state index >= 15 is 0 Å². The van der Waals surface area contributed by atoms with Gasteiger partial charge in [0, 0.05) is 5.69 Å². The molecule has 0 aromatic heterocycles. The van der Waals surface area contributed by atoms with Gasteiger partial charge in [-0.2, -0.15) is 0 Å². The molecule has 0 aliphatic rings. The third-order valence-corrected chi connectivity index (χ3v) is 3.35. The minimum absolute atomic E-state index is 0.0104. The number of carbonyl (C=O) groups is 2. The van der Waals surface area contributed by atoms with E-state index in [9.17, 15) is 14.0 Å². The molecule has 0 aliphatic heterocycles. The fourth-order valence-corrected chi connectivity index (χ4v) is 1.98. The van der Waals surface area contributed by atoms with Crippen LogP contribution in [0.2, 0.25) is 5.02 Å². The first-order valence-electron chi connectivity index (χ1n) is 6.70. The molecule has 0 bridgehead atoms. The lowest BCUT2D eigenvalue weighted by Crippen LogP contribution is -2.30. The molecular formula is C16H14ClFN2O3. The SMILES string of the molecule is C[C@H](OC(=O)c1ccc(F)cc1N)C(=O)Nc1ccccc1Cl. The maximum Gasteiger partial charge on any atom is 0.341 e. The van der Waals surface area contributed by atoms with Gasteiger partial charge in [0.25, 0.3) is 5.91 Å². The first-order chi connectivity index (χ1) is 10.9. The number of halogens is 2. The predicted octanol–water partition coefficient (Wildman–Crippen LogP) is 3.25. The summed E-state index contributed by atoms with van der Waals surface area (Å²) in [5.41, 5.74) is 5.89. The molecule has 0 saturated carbocycles. The number of hydrogen-bond acceptors (Lipinski definition) is 4. The smallest absolute Gasteiger partial charge is 0.341 e. The molecule has 1 atom stereocenters. The number of benzene rings is 2. The zero-order chi connectivity index (χ0) is 17.0. The van der Waals surface area contributed by atoms with Crippen LogP contribution >= 0.6 is 11.6 Å². The second-order valence-corrected chi connectivity index (χ2v) is 5.16. The van der Waals surface area contributed by atoms with Gasteiger partial charge in [-0.05, 0) is 37.3 Å². The lowest BCUT2D eigenvalue weighted by atomic mass is 10.2. The summed E-state index contributed by atoms with van der Waals surface area (Å²) in [5, 5.41) is 2.91. The largest absolute Gasteiger partial charge is 0.449 e. The number of para-hydroxylation sites is 1. The highest BCUT2D eigenvalue weighted by Crippen LogP contribution is 2.21. The fraction of sp³-hybridized carbons (Fsp3) is 0.125. The Morgan fingerprint density at radius 2 is 1.96 bits per heavy atom. The summed E-state index contributed by atoms with van der Waals surface area (Å²) in [5.74, 6) is -1.93. The summed E-state index contributed by atoms with van der Waals surface area (Å²) in [6.07, 6.45) is -1.08. The summed E-state index contributed by atoms with van der Waals surface area (Å²) >= 11 is 5.94. The van der Waals surface area contributed by atoms with Gasteiger partial charge >= 0.3 is 5.97 Å². The van der Waals surface area contributed by atoms with Crippen LogP contribution in [-0.4, -0.2) is 18.0 Å². The van der Waals surface area contributed by atoms with Crippen molar-refractivity contribution in [2.45, 2.75) is 13.0 Å². The lowest BCUT2D eigenvalue weighted by molar-refractivity contribution is -0.123. The molecule has 0 radical (unpaired) electrons. The second-order valence-electron chi connectivity index (χ2n) is 4.75. The molecule has 1 amide bonds. The molecule has 0 unspecified atom stereocenters. The Morgan fingerprint density at radius 3 is 2.61 bits per heavy atom. The van der Waals surface area contributed by atoms with Gasteiger partial charge in [0.15, 0.2) is 6.10 Å². The number of nitrogen functional groups attached to an aromatic ring is 1. The van der Waals surface area contributed by atoms with Gasteiger partial charge in [-0.25, -0.2) is 9.18 Å². The first-order valence-corrected chi connectivity index (χ1v) is 7.07. The van der Waals surface area contributed by atoms with Crippen LogP contribution in [0.3, 0.4) is 0 Å². The molecular weight excluding hydrogens is 323 g/mol. The number of ether oxygens (including phenoxy) is 1. The van der Waals surface area contributed by atoms with E-state index in [-0.39, 0.29) is 11.3 Å². The van der Waals surface area contributed by atoms with E-state index in [0.717, 1.165) is 12.1 Å². The average molecular weight is 337 g/mol. The Kier molecular flexibility index (Phi) is 5.18. The van der Waals surface area contributed by atoms with Gasteiger partial charge in [0.05, 0.1) is 16.3 Å². The molecule has 2 aromatic rings. The normalized spacial score (nSPS) is 11.6. The summed E-state index contributed by atoms with van der Waals surface area (Å²) in [7, 11) is 0. The molecule has 0 fully saturated rings. The van der Waals surface area contributed by atoms with E-state index in [2.05, 4.69) is 5.32 Å². The quantitative estimate of drug-likeness (QED) is 0.663. The van der Waals surface area contributed by atoms with E-state index < -0.39 is 23.8 Å². The Balaban J connectivity index is 2.03. The average Bonchev–Trinajstić information content (AvgIpc) is 2.49. The highest BCUT2D eigenvalue weighted by atomic mass is 35.5. The summed E-state index contributed by atoms with van der Waals surface area (Å²) in [4.78, 5) is 24.0. The molecule has 7 heteroatoms. The third kappa shape index (κ3) is 4.20. The van der Waals surface area contributed by atoms with Crippen molar-refractivity contribution in [3.8, 4) is 0 Å². The van der Waals surface area contributed by atoms with Crippen molar-refractivity contribution >= 4 is 34.9 Å². The molecule has 0 heterocycles. The minimum Gasteiger partial charge on any atom is -0.449 e. The fourth-order valence-electron chi connectivity index (χ4n) is 1.79. The summed E-state index contributed by atoms with van der Waals surface area (Å²) in [6.45, 7) is 1.41. The highest BCUT2D eigenvalue weighted by Gasteiger charge is 2.21. The molecule has 2 aromatic carbocycles. The van der Waals surface area contributed by atoms with Gasteiger partial charge in [-0.15, -0.1) is 0 Å². The maximum absolute atomic E-state index is 13.0. The van der Waals surface area contributed by atoms with Gasteiger partial charge < -0.3 is 15.8 Å². The van der Waals surface area contributed by atoms with E-state index in [1.165, 1.54) is 13.0 Å². The van der Waals surface area contributed by atoms with Gasteiger partial charge in [-0.1, -0.05) is 23.7 Å². The summed E-state index contributed by atoms with van der Waals surface area (Å²) in [6, 6.07) is 9.95. The van der Waals surface area contributed by atoms with Crippen LogP contribution in [0.25, 0.3) is 0 Å². The Hall–Kier alpha value is -2.60. The number of nitrogens with two attached hydrogens (primary N) is 1. The Morgan fingerprint density at radius 1 is 1.26 bits per heavy atom. The van der Waals surface area contributed by atoms with Gasteiger partial charge in [-0.3, -0.25) is 4.79 Å². The topological polar surface area (TPSA) is 81.4 Å². The van der Waals surface area contributed by atoms with Crippen molar-refractivity contribution < 1.29 is 18.7 Å². The number of carbonyl (C=O) groups excluding carboxylic acids is 2. The van der Waals surface area contributed by atoms with Crippen LogP contribution in [-0.2, 0) is 9.53 Å². The number of nitrogens with one attached hydrogen (secondary N) is 1. The van der Waals surface area contributed by atoms with Crippen LogP contribution in [0.1, 0.15) is 17.3 Å². The highest BCUT2D eigenvalue weighted by molar-refractivity contribution is 6.33. The van der Waals surface area contributed by atoms with E-state index in [0.29, 0.717) is 10.7 Å². The van der Waals surface area contributed by atoms with E-state index in [1.807, 2.05) is 0 Å². The number of amides is 1. The standard InChI is InChI=1S/C16H14ClFN2O3/c1-9(15(21)20-14-5-3-2-4-12(14)17)23-16(22)11-7-6-10(18)8-13(11)19/h2-9H,19H2,1H3,(H,20,21)/t9-/m0/s1. The van der Waals surface area contributed by atoms with Crippen LogP contribution in [0.4, 0.5) is 15.8 Å². The van der Waals surface area contributed by atoms with Crippen molar-refractivity contribution in [2.24, 2.45) is 0 Å². The van der Waals surface area contributed by atoms with Crippen LogP contribution in [0.5, 0.6) is 0 Å². The zero-order valence-corrected chi connectivity index (χ0v) is 12.9. The molecule has 3 N–H and O–H groups in total. The number of esters is 1. The van der Waals surface area contributed by atoms with Gasteiger partial charge in [0.2, 0.25) is 0 Å². The lowest BCUT2D eigenvalue weighted by Gasteiger charge is -2.14. The maximum atomic E-state index is 13.0. The molecule has 23 heavy (non-hydrogen) atoms. The van der Waals surface area contributed by atoms with Crippen molar-refractivity contribution in [3.05, 3.63) is 58.9 Å². The third-order valence-electron chi connectivity index (χ3n) is 3.02. The Bertz CT molecular complexity index is 752. The number of hydrogen-bond donors (Lipinski definition) is 2. The molecule has 120 valence electrons. The van der Waals surface area contributed by atoms with Crippen LogP contribution in [0.15, 0.2) is 42.5 Å². The van der Waals surface area contributed by atoms with Crippen LogP contribution < -0.4 is 11.1 Å². The minimum atomic E-state index is -1.08. The Labute approximate surface area is 137 Å². The van der Waals surface area contributed by atoms with Crippen molar-refractivity contribution in [1.82, 2.24) is 0 Å². The first kappa shape index (κ1) is 16.8. The van der Waals surface area contributed by atoms with Crippen molar-refractivity contribution in [3.63, 3.8) is 0 Å². The molecule has 0 spiro atoms. The molecule has 0 saturated heterocycles. The van der Waals surface area contributed by atoms with E-state index in [4.69, 9.17) is 22.1 Å². The molecule has 5 nitrogen and oxygen atoms in total. The van der Waals surface area contributed by atoms with Gasteiger partial charge in [0.1, 0.15) is 5.82 Å². The molecule has 0 aliphatic carbocycles.